The quantitative estimate of drug-likeness (QED) is 0.338. The van der Waals surface area contributed by atoms with Gasteiger partial charge < -0.3 is 15.5 Å². The number of hydrogen-bond donors (Lipinski definition) is 2. The first-order valence-corrected chi connectivity index (χ1v) is 7.80. The lowest BCUT2D eigenvalue weighted by Crippen LogP contribution is -2.41. The summed E-state index contributed by atoms with van der Waals surface area (Å²) < 4.78 is 0. The molecule has 0 saturated heterocycles. The number of halogens is 1. The van der Waals surface area contributed by atoms with Crippen molar-refractivity contribution in [3.8, 4) is 0 Å². The predicted octanol–water partition coefficient (Wildman–Crippen LogP) is 2.94. The van der Waals surface area contributed by atoms with E-state index >= 15 is 0 Å². The maximum Gasteiger partial charge on any atom is 0.191 e. The summed E-state index contributed by atoms with van der Waals surface area (Å²) in [6.45, 7) is 13.8. The van der Waals surface area contributed by atoms with Crippen LogP contribution in [0.2, 0.25) is 0 Å². The Kier molecular flexibility index (Phi) is 17.1. The van der Waals surface area contributed by atoms with Crippen LogP contribution in [-0.2, 0) is 0 Å². The summed E-state index contributed by atoms with van der Waals surface area (Å²) in [5.41, 5.74) is 0. The van der Waals surface area contributed by atoms with Crippen molar-refractivity contribution in [3.05, 3.63) is 0 Å². The van der Waals surface area contributed by atoms with Crippen molar-refractivity contribution in [2.75, 3.05) is 39.8 Å². The highest BCUT2D eigenvalue weighted by molar-refractivity contribution is 14.0. The Labute approximate surface area is 143 Å². The molecule has 0 unspecified atom stereocenters. The molecular weight excluding hydrogens is 363 g/mol. The van der Waals surface area contributed by atoms with E-state index in [1.165, 1.54) is 19.4 Å². The van der Waals surface area contributed by atoms with Gasteiger partial charge in [0, 0.05) is 26.2 Å². The standard InChI is InChI=1S/C15H34N4.HI/c1-6-8-12-19(5)13-11-18-15(16-7-2)17-10-9-14(3)4;/h14H,6-13H2,1-5H3,(H2,16,17,18);1H. The van der Waals surface area contributed by atoms with E-state index in [4.69, 9.17) is 0 Å². The van der Waals surface area contributed by atoms with E-state index in [1.807, 2.05) is 0 Å². The SMILES string of the molecule is CCCCN(C)CCNC(=NCCC(C)C)NCC.I. The minimum absolute atomic E-state index is 0. The molecule has 0 rings (SSSR count). The largest absolute Gasteiger partial charge is 0.357 e. The van der Waals surface area contributed by atoms with Gasteiger partial charge in [-0.3, -0.25) is 4.99 Å². The molecule has 0 heterocycles. The van der Waals surface area contributed by atoms with E-state index in [1.54, 1.807) is 0 Å². The Hall–Kier alpha value is -0.0400. The number of aliphatic imine (C=N–C) groups is 1. The van der Waals surface area contributed by atoms with Crippen LogP contribution >= 0.6 is 24.0 Å². The van der Waals surface area contributed by atoms with Gasteiger partial charge in [-0.05, 0) is 39.3 Å². The van der Waals surface area contributed by atoms with Crippen molar-refractivity contribution < 1.29 is 0 Å². The second-order valence-corrected chi connectivity index (χ2v) is 5.53. The Bertz CT molecular complexity index is 232. The molecule has 0 aromatic carbocycles. The van der Waals surface area contributed by atoms with Gasteiger partial charge in [-0.2, -0.15) is 0 Å². The molecule has 0 saturated carbocycles. The van der Waals surface area contributed by atoms with Crippen molar-refractivity contribution in [2.45, 2.75) is 47.0 Å². The first kappa shape index (κ1) is 22.2. The molecule has 2 N–H and O–H groups in total. The van der Waals surface area contributed by atoms with Crippen LogP contribution in [0, 0.1) is 5.92 Å². The Balaban J connectivity index is 0. The van der Waals surface area contributed by atoms with Crippen molar-refractivity contribution >= 4 is 29.9 Å². The number of nitrogens with zero attached hydrogens (tertiary/aromatic N) is 2. The Morgan fingerprint density at radius 2 is 1.85 bits per heavy atom. The van der Waals surface area contributed by atoms with E-state index in [0.29, 0.717) is 5.92 Å². The molecule has 0 aliphatic carbocycles. The van der Waals surface area contributed by atoms with Gasteiger partial charge in [0.25, 0.3) is 0 Å². The van der Waals surface area contributed by atoms with Crippen molar-refractivity contribution in [1.82, 2.24) is 15.5 Å². The van der Waals surface area contributed by atoms with Crippen LogP contribution in [0.1, 0.15) is 47.0 Å². The van der Waals surface area contributed by atoms with Gasteiger partial charge in [-0.1, -0.05) is 27.2 Å². The highest BCUT2D eigenvalue weighted by Gasteiger charge is 2.00. The number of rotatable bonds is 10. The second kappa shape index (κ2) is 15.4. The van der Waals surface area contributed by atoms with Crippen LogP contribution in [0.25, 0.3) is 0 Å². The third-order valence-corrected chi connectivity index (χ3v) is 3.00. The molecule has 122 valence electrons. The second-order valence-electron chi connectivity index (χ2n) is 5.53. The van der Waals surface area contributed by atoms with Crippen LogP contribution in [0.15, 0.2) is 4.99 Å². The minimum Gasteiger partial charge on any atom is -0.357 e. The third kappa shape index (κ3) is 14.4. The van der Waals surface area contributed by atoms with Crippen molar-refractivity contribution in [3.63, 3.8) is 0 Å². The maximum absolute atomic E-state index is 4.59. The van der Waals surface area contributed by atoms with E-state index in [9.17, 15) is 0 Å². The topological polar surface area (TPSA) is 39.7 Å². The smallest absolute Gasteiger partial charge is 0.191 e. The zero-order chi connectivity index (χ0) is 14.5. The Morgan fingerprint density at radius 3 is 2.40 bits per heavy atom. The lowest BCUT2D eigenvalue weighted by atomic mass is 10.1. The van der Waals surface area contributed by atoms with Crippen molar-refractivity contribution in [1.29, 1.82) is 0 Å². The number of likely N-dealkylation sites (N-methyl/N-ethyl adjacent to an activating group) is 1. The average Bonchev–Trinajstić information content (AvgIpc) is 2.36. The van der Waals surface area contributed by atoms with Crippen LogP contribution in [0.4, 0.5) is 0 Å². The van der Waals surface area contributed by atoms with E-state index in [-0.39, 0.29) is 24.0 Å². The normalized spacial score (nSPS) is 11.7. The van der Waals surface area contributed by atoms with Crippen LogP contribution in [0.5, 0.6) is 0 Å². The number of nitrogens with one attached hydrogen (secondary N) is 2. The summed E-state index contributed by atoms with van der Waals surface area (Å²) in [5.74, 6) is 1.67. The maximum atomic E-state index is 4.59. The predicted molar refractivity (Wildman–Crippen MR) is 101 cm³/mol. The molecule has 0 radical (unpaired) electrons. The molecular formula is C15H35IN4. The zero-order valence-electron chi connectivity index (χ0n) is 14.0. The lowest BCUT2D eigenvalue weighted by Gasteiger charge is -2.18. The highest BCUT2D eigenvalue weighted by atomic mass is 127. The molecule has 0 aliphatic rings. The van der Waals surface area contributed by atoms with Gasteiger partial charge in [-0.25, -0.2) is 0 Å². The van der Waals surface area contributed by atoms with Crippen molar-refractivity contribution in [2.24, 2.45) is 10.9 Å². The van der Waals surface area contributed by atoms with Gasteiger partial charge in [0.15, 0.2) is 5.96 Å². The molecule has 0 bridgehead atoms. The molecule has 0 aromatic rings. The van der Waals surface area contributed by atoms with Gasteiger partial charge >= 0.3 is 0 Å². The summed E-state index contributed by atoms with van der Waals surface area (Å²) in [7, 11) is 2.18. The van der Waals surface area contributed by atoms with Crippen LogP contribution < -0.4 is 10.6 Å². The summed E-state index contributed by atoms with van der Waals surface area (Å²) in [6.07, 6.45) is 3.68. The molecule has 0 fully saturated rings. The number of guanidine groups is 1. The van der Waals surface area contributed by atoms with Gasteiger partial charge in [-0.15, -0.1) is 24.0 Å². The first-order chi connectivity index (χ1) is 9.10. The molecule has 0 amide bonds. The minimum atomic E-state index is 0. The molecule has 0 aliphatic heterocycles. The van der Waals surface area contributed by atoms with E-state index in [0.717, 1.165) is 38.6 Å². The summed E-state index contributed by atoms with van der Waals surface area (Å²) >= 11 is 0. The summed E-state index contributed by atoms with van der Waals surface area (Å²) in [6, 6.07) is 0. The van der Waals surface area contributed by atoms with Crippen LogP contribution in [0.3, 0.4) is 0 Å². The first-order valence-electron chi connectivity index (χ1n) is 7.80. The molecule has 0 aromatic heterocycles. The number of unbranched alkanes of at least 4 members (excludes halogenated alkanes) is 1. The van der Waals surface area contributed by atoms with Gasteiger partial charge in [0.2, 0.25) is 0 Å². The monoisotopic (exact) mass is 398 g/mol. The van der Waals surface area contributed by atoms with E-state index in [2.05, 4.69) is 55.3 Å². The summed E-state index contributed by atoms with van der Waals surface area (Å²) in [4.78, 5) is 6.96. The zero-order valence-corrected chi connectivity index (χ0v) is 16.4. The average molecular weight is 398 g/mol. The highest BCUT2D eigenvalue weighted by Crippen LogP contribution is 1.98. The van der Waals surface area contributed by atoms with E-state index < -0.39 is 0 Å². The summed E-state index contributed by atoms with van der Waals surface area (Å²) in [5, 5.41) is 6.69. The molecule has 20 heavy (non-hydrogen) atoms. The molecule has 0 spiro atoms. The van der Waals surface area contributed by atoms with Gasteiger partial charge in [0.05, 0.1) is 0 Å². The molecule has 4 nitrogen and oxygen atoms in total. The van der Waals surface area contributed by atoms with Crippen LogP contribution in [-0.4, -0.2) is 50.6 Å². The fraction of sp³-hybridized carbons (Fsp3) is 0.933. The fourth-order valence-corrected chi connectivity index (χ4v) is 1.68. The molecule has 0 atom stereocenters. The lowest BCUT2D eigenvalue weighted by molar-refractivity contribution is 0.332. The number of hydrogen-bond acceptors (Lipinski definition) is 2. The molecule has 5 heteroatoms. The third-order valence-electron chi connectivity index (χ3n) is 3.00. The Morgan fingerprint density at radius 1 is 1.15 bits per heavy atom. The van der Waals surface area contributed by atoms with Gasteiger partial charge in [0.1, 0.15) is 0 Å². The fourth-order valence-electron chi connectivity index (χ4n) is 1.68.